The molecule has 0 spiro atoms. The van der Waals surface area contributed by atoms with Crippen molar-refractivity contribution in [1.82, 2.24) is 0 Å². The van der Waals surface area contributed by atoms with Gasteiger partial charge < -0.3 is 19.3 Å². The first-order chi connectivity index (χ1) is 8.56. The lowest BCUT2D eigenvalue weighted by Crippen LogP contribution is -2.21. The first kappa shape index (κ1) is 12.5. The number of carbonyl (C=O) groups excluding carboxylic acids is 1. The Balaban J connectivity index is 2.67. The molecule has 1 aromatic rings. The molecule has 2 rings (SSSR count). The number of carboxylic acids is 1. The van der Waals surface area contributed by atoms with Gasteiger partial charge in [-0.05, 0) is 0 Å². The van der Waals surface area contributed by atoms with Crippen LogP contribution in [0.25, 0.3) is 0 Å². The van der Waals surface area contributed by atoms with Gasteiger partial charge >= 0.3 is 5.97 Å². The van der Waals surface area contributed by atoms with Crippen molar-refractivity contribution < 1.29 is 28.9 Å². The highest BCUT2D eigenvalue weighted by atomic mass is 35.5. The van der Waals surface area contributed by atoms with Crippen molar-refractivity contribution in [2.24, 2.45) is 0 Å². The molecule has 0 saturated heterocycles. The van der Waals surface area contributed by atoms with Gasteiger partial charge in [0.2, 0.25) is 0 Å². The molecule has 1 heterocycles. The molecule has 0 atom stereocenters. The van der Waals surface area contributed by atoms with Gasteiger partial charge in [-0.3, -0.25) is 4.79 Å². The molecule has 7 heteroatoms. The van der Waals surface area contributed by atoms with Crippen LogP contribution in [0.2, 0.25) is 5.02 Å². The third kappa shape index (κ3) is 1.95. The number of Topliss-reactive ketones (excluding diaryl/α,β-unsaturated/α-hetero) is 1. The Morgan fingerprint density at radius 1 is 1.39 bits per heavy atom. The van der Waals surface area contributed by atoms with Gasteiger partial charge in [0.05, 0.1) is 17.7 Å². The number of carboxylic acid groups (broad SMARTS) is 1. The summed E-state index contributed by atoms with van der Waals surface area (Å²) >= 11 is 5.94. The van der Waals surface area contributed by atoms with E-state index in [4.69, 9.17) is 30.9 Å². The van der Waals surface area contributed by atoms with Crippen LogP contribution in [-0.4, -0.2) is 37.2 Å². The lowest BCUT2D eigenvalue weighted by atomic mass is 10.1. The van der Waals surface area contributed by atoms with Gasteiger partial charge in [-0.1, -0.05) is 11.6 Å². The summed E-state index contributed by atoms with van der Waals surface area (Å²) in [6, 6.07) is 1.45. The highest BCUT2D eigenvalue weighted by molar-refractivity contribution is 6.46. The fourth-order valence-electron chi connectivity index (χ4n) is 1.60. The second-order valence-corrected chi connectivity index (χ2v) is 3.80. The maximum absolute atomic E-state index is 11.6. The molecule has 0 fully saturated rings. The third-order valence-corrected chi connectivity index (χ3v) is 2.75. The summed E-state index contributed by atoms with van der Waals surface area (Å²) in [5.74, 6) is -2.35. The Morgan fingerprint density at radius 2 is 2.06 bits per heavy atom. The molecule has 1 aromatic carbocycles. The number of ether oxygens (including phenoxy) is 3. The predicted octanol–water partition coefficient (Wildman–Crippen LogP) is 1.39. The van der Waals surface area contributed by atoms with Gasteiger partial charge in [0.25, 0.3) is 5.78 Å². The fourth-order valence-corrected chi connectivity index (χ4v) is 1.90. The minimum atomic E-state index is -1.62. The van der Waals surface area contributed by atoms with E-state index in [9.17, 15) is 9.59 Å². The van der Waals surface area contributed by atoms with Crippen LogP contribution in [0, 0.1) is 0 Å². The van der Waals surface area contributed by atoms with Crippen LogP contribution in [0.15, 0.2) is 6.07 Å². The molecular formula is C11H9ClO6. The number of ketones is 1. The Bertz CT molecular complexity index is 525. The minimum Gasteiger partial charge on any atom is -0.495 e. The minimum absolute atomic E-state index is 0.0412. The van der Waals surface area contributed by atoms with E-state index in [2.05, 4.69) is 0 Å². The van der Waals surface area contributed by atoms with Gasteiger partial charge in [0, 0.05) is 6.07 Å². The third-order valence-electron chi connectivity index (χ3n) is 2.38. The number of hydrogen-bond acceptors (Lipinski definition) is 5. The number of benzene rings is 1. The van der Waals surface area contributed by atoms with Gasteiger partial charge in [0.1, 0.15) is 19.0 Å². The van der Waals surface area contributed by atoms with Crippen LogP contribution in [-0.2, 0) is 4.79 Å². The Hall–Kier alpha value is -1.95. The zero-order valence-corrected chi connectivity index (χ0v) is 10.1. The van der Waals surface area contributed by atoms with Gasteiger partial charge in [-0.15, -0.1) is 0 Å². The molecule has 1 aliphatic rings. The zero-order valence-electron chi connectivity index (χ0n) is 9.36. The van der Waals surface area contributed by atoms with Crippen molar-refractivity contribution in [1.29, 1.82) is 0 Å². The number of hydrogen-bond donors (Lipinski definition) is 1. The van der Waals surface area contributed by atoms with Crippen LogP contribution in [0.5, 0.6) is 17.2 Å². The maximum Gasteiger partial charge on any atom is 0.377 e. The van der Waals surface area contributed by atoms with Crippen molar-refractivity contribution in [3.8, 4) is 17.2 Å². The molecule has 0 saturated carbocycles. The molecule has 0 amide bonds. The molecule has 0 bridgehead atoms. The van der Waals surface area contributed by atoms with Crippen LogP contribution in [0.3, 0.4) is 0 Å². The van der Waals surface area contributed by atoms with Gasteiger partial charge in [-0.2, -0.15) is 0 Å². The van der Waals surface area contributed by atoms with E-state index in [1.54, 1.807) is 0 Å². The van der Waals surface area contributed by atoms with E-state index in [1.807, 2.05) is 0 Å². The number of fused-ring (bicyclic) bond motifs is 1. The number of rotatable bonds is 3. The summed E-state index contributed by atoms with van der Waals surface area (Å²) in [7, 11) is 1.35. The van der Waals surface area contributed by atoms with Crippen LogP contribution in [0.1, 0.15) is 10.4 Å². The first-order valence-corrected chi connectivity index (χ1v) is 5.37. The largest absolute Gasteiger partial charge is 0.495 e. The quantitative estimate of drug-likeness (QED) is 0.661. The predicted molar refractivity (Wildman–Crippen MR) is 61.0 cm³/mol. The molecule has 18 heavy (non-hydrogen) atoms. The molecule has 6 nitrogen and oxygen atoms in total. The average Bonchev–Trinajstić information content (AvgIpc) is 2.37. The summed E-state index contributed by atoms with van der Waals surface area (Å²) in [5, 5.41) is 8.68. The number of halogens is 1. The Morgan fingerprint density at radius 3 is 2.67 bits per heavy atom. The van der Waals surface area contributed by atoms with E-state index in [0.717, 1.165) is 0 Å². The normalized spacial score (nSPS) is 13.0. The van der Waals surface area contributed by atoms with E-state index < -0.39 is 11.8 Å². The van der Waals surface area contributed by atoms with E-state index >= 15 is 0 Å². The summed E-state index contributed by atoms with van der Waals surface area (Å²) in [5.41, 5.74) is -0.252. The van der Waals surface area contributed by atoms with Crippen LogP contribution in [0.4, 0.5) is 0 Å². The van der Waals surface area contributed by atoms with Crippen LogP contribution < -0.4 is 14.2 Å². The van der Waals surface area contributed by atoms with Crippen LogP contribution >= 0.6 is 11.6 Å². The second-order valence-electron chi connectivity index (χ2n) is 3.43. The monoisotopic (exact) mass is 272 g/mol. The van der Waals surface area contributed by atoms with E-state index in [0.29, 0.717) is 6.61 Å². The topological polar surface area (TPSA) is 82.1 Å². The van der Waals surface area contributed by atoms with Crippen molar-refractivity contribution in [3.05, 3.63) is 16.7 Å². The molecule has 1 aliphatic heterocycles. The van der Waals surface area contributed by atoms with Crippen molar-refractivity contribution in [2.75, 3.05) is 20.3 Å². The molecule has 0 aromatic heterocycles. The lowest BCUT2D eigenvalue weighted by molar-refractivity contribution is -0.131. The van der Waals surface area contributed by atoms with Gasteiger partial charge in [0.15, 0.2) is 11.5 Å². The maximum atomic E-state index is 11.6. The van der Waals surface area contributed by atoms with Crippen molar-refractivity contribution in [3.63, 3.8) is 0 Å². The standard InChI is InChI=1S/C11H9ClO6/c1-16-5-4-6-10(18-3-2-17-6)7(8(5)12)9(13)11(14)15/h4H,2-3H2,1H3,(H,14,15). The summed E-state index contributed by atoms with van der Waals surface area (Å²) in [6.45, 7) is 0.522. The van der Waals surface area contributed by atoms with E-state index in [-0.39, 0.29) is 34.4 Å². The highest BCUT2D eigenvalue weighted by Crippen LogP contribution is 2.44. The molecular weight excluding hydrogens is 264 g/mol. The second kappa shape index (κ2) is 4.73. The SMILES string of the molecule is COc1cc2c(c(C(=O)C(=O)O)c1Cl)OCCO2. The highest BCUT2D eigenvalue weighted by Gasteiger charge is 2.30. The van der Waals surface area contributed by atoms with E-state index in [1.165, 1.54) is 13.2 Å². The summed E-state index contributed by atoms with van der Waals surface area (Å²) < 4.78 is 15.5. The average molecular weight is 273 g/mol. The molecule has 0 aliphatic carbocycles. The molecule has 0 unspecified atom stereocenters. The molecule has 96 valence electrons. The van der Waals surface area contributed by atoms with Crippen molar-refractivity contribution >= 4 is 23.4 Å². The number of methoxy groups -OCH3 is 1. The summed E-state index contributed by atoms with van der Waals surface area (Å²) in [4.78, 5) is 22.4. The Kier molecular flexibility index (Phi) is 3.29. The zero-order chi connectivity index (χ0) is 13.3. The van der Waals surface area contributed by atoms with Crippen molar-refractivity contribution in [2.45, 2.75) is 0 Å². The van der Waals surface area contributed by atoms with Gasteiger partial charge in [-0.25, -0.2) is 4.79 Å². The number of carbonyl (C=O) groups is 2. The summed E-state index contributed by atoms with van der Waals surface area (Å²) in [6.07, 6.45) is 0. The molecule has 1 N–H and O–H groups in total. The smallest absolute Gasteiger partial charge is 0.377 e. The first-order valence-electron chi connectivity index (χ1n) is 5.00. The Labute approximate surface area is 107 Å². The molecule has 0 radical (unpaired) electrons. The number of aliphatic carboxylic acids is 1. The lowest BCUT2D eigenvalue weighted by Gasteiger charge is -2.22. The fraction of sp³-hybridized carbons (Fsp3) is 0.273.